The predicted octanol–water partition coefficient (Wildman–Crippen LogP) is 3.27. The largest absolute Gasteiger partial charge is 0.496 e. The summed E-state index contributed by atoms with van der Waals surface area (Å²) in [5.74, 6) is 0.165. The summed E-state index contributed by atoms with van der Waals surface area (Å²) in [6.45, 7) is 2.59. The molecule has 0 unspecified atom stereocenters. The number of ether oxygens (including phenoxy) is 1. The predicted molar refractivity (Wildman–Crippen MR) is 116 cm³/mol. The van der Waals surface area contributed by atoms with Crippen LogP contribution in [0.15, 0.2) is 41.3 Å². The topological polar surface area (TPSA) is 119 Å². The van der Waals surface area contributed by atoms with Gasteiger partial charge in [-0.25, -0.2) is 8.42 Å². The molecule has 3 rings (SSSR count). The number of carbonyl (C=O) groups excluding carboxylic acids is 1. The first-order chi connectivity index (χ1) is 14.7. The van der Waals surface area contributed by atoms with Crippen molar-refractivity contribution in [3.05, 3.63) is 57.6 Å². The molecule has 0 spiro atoms. The molecule has 31 heavy (non-hydrogen) atoms. The van der Waals surface area contributed by atoms with E-state index >= 15 is 0 Å². The van der Waals surface area contributed by atoms with E-state index in [1.165, 1.54) is 29.6 Å². The van der Waals surface area contributed by atoms with Gasteiger partial charge in [0.2, 0.25) is 15.9 Å². The molecule has 0 saturated carbocycles. The molecule has 1 heterocycles. The molecule has 166 valence electrons. The van der Waals surface area contributed by atoms with Crippen molar-refractivity contribution >= 4 is 27.3 Å². The smallest absolute Gasteiger partial charge is 0.274 e. The van der Waals surface area contributed by atoms with E-state index < -0.39 is 14.9 Å². The molecule has 0 aliphatic carbocycles. The Balaban J connectivity index is 1.74. The number of aryl methyl sites for hydroxylation is 1. The lowest BCUT2D eigenvalue weighted by atomic mass is 10.1. The molecule has 9 nitrogen and oxygen atoms in total. The van der Waals surface area contributed by atoms with E-state index in [9.17, 15) is 23.3 Å². The van der Waals surface area contributed by atoms with Gasteiger partial charge in [-0.3, -0.25) is 14.9 Å². The molecule has 0 aromatic heterocycles. The van der Waals surface area contributed by atoms with Gasteiger partial charge in [0.25, 0.3) is 5.69 Å². The highest BCUT2D eigenvalue weighted by Crippen LogP contribution is 2.28. The van der Waals surface area contributed by atoms with Gasteiger partial charge in [-0.15, -0.1) is 0 Å². The van der Waals surface area contributed by atoms with Crippen molar-refractivity contribution in [2.45, 2.75) is 37.5 Å². The van der Waals surface area contributed by atoms with Crippen LogP contribution in [0, 0.1) is 17.0 Å². The van der Waals surface area contributed by atoms with Crippen LogP contribution in [0.1, 0.15) is 30.4 Å². The standard InChI is InChI=1S/C21H25N3O6S/c1-15-18(6-5-7-19(15)24(26)27)22-21(25)11-8-16-14-17(9-10-20(16)30-2)31(28,29)23-12-3-4-13-23/h5-7,9-10,14H,3-4,8,11-13H2,1-2H3,(H,22,25). The summed E-state index contributed by atoms with van der Waals surface area (Å²) < 4.78 is 32.5. The number of rotatable bonds is 8. The fourth-order valence-corrected chi connectivity index (χ4v) is 5.17. The maximum absolute atomic E-state index is 12.8. The Hall–Kier alpha value is -2.98. The number of hydrogen-bond donors (Lipinski definition) is 1. The number of carbonyl (C=O) groups is 1. The monoisotopic (exact) mass is 447 g/mol. The second-order valence-corrected chi connectivity index (χ2v) is 9.28. The number of benzene rings is 2. The maximum atomic E-state index is 12.8. The fraction of sp³-hybridized carbons (Fsp3) is 0.381. The third kappa shape index (κ3) is 5.02. The summed E-state index contributed by atoms with van der Waals surface area (Å²) in [4.78, 5) is 23.2. The number of nitro groups is 1. The summed E-state index contributed by atoms with van der Waals surface area (Å²) in [7, 11) is -2.09. The molecule has 10 heteroatoms. The van der Waals surface area contributed by atoms with Crippen LogP contribution >= 0.6 is 0 Å². The van der Waals surface area contributed by atoms with Crippen LogP contribution in [-0.2, 0) is 21.2 Å². The van der Waals surface area contributed by atoms with Crippen molar-refractivity contribution in [3.8, 4) is 5.75 Å². The number of nitro benzene ring substituents is 1. The van der Waals surface area contributed by atoms with Gasteiger partial charge in [0.15, 0.2) is 0 Å². The number of nitrogens with zero attached hydrogens (tertiary/aromatic N) is 2. The van der Waals surface area contributed by atoms with E-state index in [1.807, 2.05) is 0 Å². The van der Waals surface area contributed by atoms with Crippen LogP contribution in [0.2, 0.25) is 0 Å². The van der Waals surface area contributed by atoms with Gasteiger partial charge in [0, 0.05) is 25.6 Å². The van der Waals surface area contributed by atoms with Crippen molar-refractivity contribution in [1.82, 2.24) is 4.31 Å². The third-order valence-electron chi connectivity index (χ3n) is 5.35. The summed E-state index contributed by atoms with van der Waals surface area (Å²) in [5, 5.41) is 13.8. The Bertz CT molecular complexity index is 1090. The molecule has 1 N–H and O–H groups in total. The third-order valence-corrected chi connectivity index (χ3v) is 7.25. The fourth-order valence-electron chi connectivity index (χ4n) is 3.61. The summed E-state index contributed by atoms with van der Waals surface area (Å²) in [6, 6.07) is 9.16. The minimum absolute atomic E-state index is 0.0612. The second kappa shape index (κ2) is 9.44. The normalized spacial score (nSPS) is 14.4. The van der Waals surface area contributed by atoms with Crippen LogP contribution < -0.4 is 10.1 Å². The van der Waals surface area contributed by atoms with Crippen molar-refractivity contribution in [1.29, 1.82) is 0 Å². The van der Waals surface area contributed by atoms with Crippen LogP contribution in [0.4, 0.5) is 11.4 Å². The van der Waals surface area contributed by atoms with Crippen LogP contribution in [0.3, 0.4) is 0 Å². The first-order valence-electron chi connectivity index (χ1n) is 9.95. The molecule has 1 fully saturated rings. The van der Waals surface area contributed by atoms with Crippen LogP contribution in [0.25, 0.3) is 0 Å². The second-order valence-electron chi connectivity index (χ2n) is 7.34. The van der Waals surface area contributed by atoms with E-state index in [0.29, 0.717) is 35.7 Å². The number of anilines is 1. The van der Waals surface area contributed by atoms with Crippen LogP contribution in [0.5, 0.6) is 5.75 Å². The zero-order chi connectivity index (χ0) is 22.6. The first kappa shape index (κ1) is 22.7. The number of sulfonamides is 1. The SMILES string of the molecule is COc1ccc(S(=O)(=O)N2CCCC2)cc1CCC(=O)Nc1cccc([N+](=O)[O-])c1C. The van der Waals surface area contributed by atoms with E-state index in [-0.39, 0.29) is 29.3 Å². The lowest BCUT2D eigenvalue weighted by Gasteiger charge is -2.17. The highest BCUT2D eigenvalue weighted by Gasteiger charge is 2.28. The van der Waals surface area contributed by atoms with Gasteiger partial charge in [0.1, 0.15) is 5.75 Å². The average Bonchev–Trinajstić information content (AvgIpc) is 3.29. The van der Waals surface area contributed by atoms with Crippen molar-refractivity contribution in [2.75, 3.05) is 25.5 Å². The Kier molecular flexibility index (Phi) is 6.91. The molecule has 1 aliphatic rings. The van der Waals surface area contributed by atoms with Gasteiger partial charge < -0.3 is 10.1 Å². The van der Waals surface area contributed by atoms with Gasteiger partial charge in [-0.1, -0.05) is 6.07 Å². The number of hydrogen-bond acceptors (Lipinski definition) is 6. The molecule has 2 aromatic rings. The zero-order valence-electron chi connectivity index (χ0n) is 17.5. The lowest BCUT2D eigenvalue weighted by molar-refractivity contribution is -0.385. The van der Waals surface area contributed by atoms with Crippen molar-refractivity contribution in [3.63, 3.8) is 0 Å². The quantitative estimate of drug-likeness (QED) is 0.490. The van der Waals surface area contributed by atoms with Gasteiger partial charge in [-0.2, -0.15) is 4.31 Å². The van der Waals surface area contributed by atoms with E-state index in [1.54, 1.807) is 25.1 Å². The number of nitrogens with one attached hydrogen (secondary N) is 1. The minimum atomic E-state index is -3.58. The highest BCUT2D eigenvalue weighted by atomic mass is 32.2. The summed E-state index contributed by atoms with van der Waals surface area (Å²) in [6.07, 6.45) is 2.01. The highest BCUT2D eigenvalue weighted by molar-refractivity contribution is 7.89. The van der Waals surface area contributed by atoms with Crippen LogP contribution in [-0.4, -0.2) is 43.8 Å². The Morgan fingerprint density at radius 2 is 1.94 bits per heavy atom. The minimum Gasteiger partial charge on any atom is -0.496 e. The Morgan fingerprint density at radius 1 is 1.23 bits per heavy atom. The van der Waals surface area contributed by atoms with Crippen molar-refractivity contribution in [2.24, 2.45) is 0 Å². The maximum Gasteiger partial charge on any atom is 0.274 e. The number of amides is 1. The summed E-state index contributed by atoms with van der Waals surface area (Å²) >= 11 is 0. The number of methoxy groups -OCH3 is 1. The molecule has 0 bridgehead atoms. The van der Waals surface area contributed by atoms with Gasteiger partial charge in [0.05, 0.1) is 28.2 Å². The average molecular weight is 448 g/mol. The molecule has 1 amide bonds. The van der Waals surface area contributed by atoms with Crippen molar-refractivity contribution < 1.29 is 22.9 Å². The van der Waals surface area contributed by atoms with E-state index in [2.05, 4.69) is 5.32 Å². The van der Waals surface area contributed by atoms with Gasteiger partial charge >= 0.3 is 0 Å². The molecular weight excluding hydrogens is 422 g/mol. The van der Waals surface area contributed by atoms with Gasteiger partial charge in [-0.05, 0) is 56.0 Å². The zero-order valence-corrected chi connectivity index (χ0v) is 18.3. The molecule has 0 atom stereocenters. The molecule has 1 aliphatic heterocycles. The molecule has 0 radical (unpaired) electrons. The molecular formula is C21H25N3O6S. The molecule has 1 saturated heterocycles. The first-order valence-corrected chi connectivity index (χ1v) is 11.4. The molecule has 2 aromatic carbocycles. The lowest BCUT2D eigenvalue weighted by Crippen LogP contribution is -2.28. The Morgan fingerprint density at radius 3 is 2.58 bits per heavy atom. The summed E-state index contributed by atoms with van der Waals surface area (Å²) in [5.41, 5.74) is 1.28. The Labute approximate surface area is 181 Å². The van der Waals surface area contributed by atoms with E-state index in [0.717, 1.165) is 12.8 Å². The van der Waals surface area contributed by atoms with E-state index in [4.69, 9.17) is 4.74 Å².